The van der Waals surface area contributed by atoms with Gasteiger partial charge in [0.05, 0.1) is 6.20 Å². The molecule has 0 aromatic carbocycles. The molecule has 0 radical (unpaired) electrons. The summed E-state index contributed by atoms with van der Waals surface area (Å²) < 4.78 is 5.47. The van der Waals surface area contributed by atoms with E-state index in [2.05, 4.69) is 39.7 Å². The second-order valence-electron chi connectivity index (χ2n) is 4.09. The summed E-state index contributed by atoms with van der Waals surface area (Å²) in [4.78, 5) is 7.13. The van der Waals surface area contributed by atoms with Crippen molar-refractivity contribution in [3.8, 4) is 0 Å². The minimum absolute atomic E-state index is 0.524. The minimum Gasteiger partial charge on any atom is -0.436 e. The van der Waals surface area contributed by atoms with Crippen LogP contribution in [0.4, 0.5) is 0 Å². The Kier molecular flexibility index (Phi) is 2.93. The highest BCUT2D eigenvalue weighted by Gasteiger charge is 2.27. The van der Waals surface area contributed by atoms with E-state index in [1.807, 2.05) is 6.20 Å². The zero-order valence-electron chi connectivity index (χ0n) is 8.53. The number of aromatic nitrogens is 1. The number of hydrogen-bond donors (Lipinski definition) is 0. The van der Waals surface area contributed by atoms with Gasteiger partial charge in [-0.3, -0.25) is 0 Å². The maximum atomic E-state index is 5.47. The number of nitrogens with zero attached hydrogens (tertiary/aromatic N) is 2. The smallest absolute Gasteiger partial charge is 0.264 e. The largest absolute Gasteiger partial charge is 0.436 e. The fourth-order valence-electron chi connectivity index (χ4n) is 1.94. The first kappa shape index (κ1) is 10.2. The molecule has 1 unspecified atom stereocenters. The molecule has 0 N–H and O–H groups in total. The summed E-state index contributed by atoms with van der Waals surface area (Å²) in [5, 5.41) is 0. The maximum Gasteiger partial charge on any atom is 0.264 e. The molecule has 3 nitrogen and oxygen atoms in total. The van der Waals surface area contributed by atoms with Gasteiger partial charge in [0.2, 0.25) is 0 Å². The number of oxazole rings is 1. The Bertz CT molecular complexity index is 311. The van der Waals surface area contributed by atoms with E-state index in [1.54, 1.807) is 0 Å². The van der Waals surface area contributed by atoms with Crippen LogP contribution >= 0.6 is 15.9 Å². The van der Waals surface area contributed by atoms with Crippen molar-refractivity contribution in [1.82, 2.24) is 9.88 Å². The second kappa shape index (κ2) is 4.03. The third kappa shape index (κ3) is 2.01. The molecule has 1 aromatic heterocycles. The summed E-state index contributed by atoms with van der Waals surface area (Å²) in [5.74, 6) is 1.54. The van der Waals surface area contributed by atoms with Crippen molar-refractivity contribution in [3.05, 3.63) is 16.8 Å². The van der Waals surface area contributed by atoms with Crippen molar-refractivity contribution in [2.75, 3.05) is 13.1 Å². The molecule has 0 saturated carbocycles. The van der Waals surface area contributed by atoms with E-state index in [-0.39, 0.29) is 0 Å². The van der Waals surface area contributed by atoms with Gasteiger partial charge in [-0.25, -0.2) is 4.98 Å². The van der Waals surface area contributed by atoms with Gasteiger partial charge in [0, 0.05) is 34.4 Å². The van der Waals surface area contributed by atoms with Gasteiger partial charge in [0.15, 0.2) is 0 Å². The maximum absolute atomic E-state index is 5.47. The SMILES string of the molecule is CC(C)N1CCC(c2cnc(Br)o2)C1. The molecule has 1 aliphatic rings. The first-order chi connectivity index (χ1) is 6.66. The van der Waals surface area contributed by atoms with E-state index in [0.29, 0.717) is 16.8 Å². The van der Waals surface area contributed by atoms with Crippen LogP contribution in [0.3, 0.4) is 0 Å². The zero-order valence-corrected chi connectivity index (χ0v) is 10.1. The fraction of sp³-hybridized carbons (Fsp3) is 0.700. The molecule has 14 heavy (non-hydrogen) atoms. The molecular formula is C10H15BrN2O. The molecule has 1 aromatic rings. The van der Waals surface area contributed by atoms with E-state index in [1.165, 1.54) is 13.0 Å². The number of hydrogen-bond acceptors (Lipinski definition) is 3. The molecule has 1 fully saturated rings. The van der Waals surface area contributed by atoms with E-state index in [9.17, 15) is 0 Å². The van der Waals surface area contributed by atoms with Crippen molar-refractivity contribution in [3.63, 3.8) is 0 Å². The van der Waals surface area contributed by atoms with Gasteiger partial charge < -0.3 is 9.32 Å². The molecule has 0 spiro atoms. The highest BCUT2D eigenvalue weighted by molar-refractivity contribution is 9.10. The topological polar surface area (TPSA) is 29.3 Å². The molecule has 0 aliphatic carbocycles. The van der Waals surface area contributed by atoms with Crippen LogP contribution in [0.25, 0.3) is 0 Å². The van der Waals surface area contributed by atoms with E-state index < -0.39 is 0 Å². The van der Waals surface area contributed by atoms with Crippen LogP contribution in [0.2, 0.25) is 0 Å². The van der Waals surface area contributed by atoms with Gasteiger partial charge in [-0.05, 0) is 26.8 Å². The highest BCUT2D eigenvalue weighted by atomic mass is 79.9. The normalized spacial score (nSPS) is 23.6. The van der Waals surface area contributed by atoms with Gasteiger partial charge in [-0.15, -0.1) is 0 Å². The zero-order chi connectivity index (χ0) is 10.1. The van der Waals surface area contributed by atoms with E-state index >= 15 is 0 Å². The lowest BCUT2D eigenvalue weighted by Crippen LogP contribution is -2.27. The molecule has 1 aliphatic heterocycles. The summed E-state index contributed by atoms with van der Waals surface area (Å²) in [6.07, 6.45) is 3.01. The minimum atomic E-state index is 0.524. The van der Waals surface area contributed by atoms with Gasteiger partial charge in [0.25, 0.3) is 4.80 Å². The van der Waals surface area contributed by atoms with Crippen LogP contribution in [0.15, 0.2) is 15.4 Å². The van der Waals surface area contributed by atoms with Crippen molar-refractivity contribution >= 4 is 15.9 Å². The summed E-state index contributed by atoms with van der Waals surface area (Å²) in [6.45, 7) is 6.73. The van der Waals surface area contributed by atoms with E-state index in [0.717, 1.165) is 12.3 Å². The Hall–Kier alpha value is -0.350. The van der Waals surface area contributed by atoms with Gasteiger partial charge >= 0.3 is 0 Å². The molecule has 2 rings (SSSR count). The third-order valence-electron chi connectivity index (χ3n) is 2.85. The highest BCUT2D eigenvalue weighted by Crippen LogP contribution is 2.29. The van der Waals surface area contributed by atoms with Crippen LogP contribution in [-0.2, 0) is 0 Å². The molecule has 1 saturated heterocycles. The van der Waals surface area contributed by atoms with Crippen LogP contribution in [-0.4, -0.2) is 29.0 Å². The summed E-state index contributed by atoms with van der Waals surface area (Å²) in [6, 6.07) is 0.631. The van der Waals surface area contributed by atoms with Crippen LogP contribution < -0.4 is 0 Å². The first-order valence-electron chi connectivity index (χ1n) is 5.02. The molecular weight excluding hydrogens is 244 g/mol. The Morgan fingerprint density at radius 3 is 2.93 bits per heavy atom. The number of likely N-dealkylation sites (tertiary alicyclic amines) is 1. The Morgan fingerprint density at radius 2 is 2.43 bits per heavy atom. The molecule has 0 bridgehead atoms. The van der Waals surface area contributed by atoms with Gasteiger partial charge in [-0.1, -0.05) is 0 Å². The molecule has 4 heteroatoms. The summed E-state index contributed by atoms with van der Waals surface area (Å²) in [5.41, 5.74) is 0. The predicted molar refractivity (Wildman–Crippen MR) is 58.3 cm³/mol. The Balaban J connectivity index is 2.02. The fourth-order valence-corrected chi connectivity index (χ4v) is 2.23. The average molecular weight is 259 g/mol. The van der Waals surface area contributed by atoms with Crippen molar-refractivity contribution in [2.24, 2.45) is 0 Å². The van der Waals surface area contributed by atoms with Crippen LogP contribution in [0.1, 0.15) is 31.9 Å². The molecule has 2 heterocycles. The third-order valence-corrected chi connectivity index (χ3v) is 3.21. The molecule has 0 amide bonds. The van der Waals surface area contributed by atoms with E-state index in [4.69, 9.17) is 4.42 Å². The molecule has 1 atom stereocenters. The van der Waals surface area contributed by atoms with Crippen molar-refractivity contribution in [1.29, 1.82) is 0 Å². The Labute approximate surface area is 92.6 Å². The first-order valence-corrected chi connectivity index (χ1v) is 5.81. The lowest BCUT2D eigenvalue weighted by Gasteiger charge is -2.19. The average Bonchev–Trinajstić information content (AvgIpc) is 2.70. The second-order valence-corrected chi connectivity index (χ2v) is 4.77. The lowest BCUT2D eigenvalue weighted by molar-refractivity contribution is 0.269. The predicted octanol–water partition coefficient (Wildman–Crippen LogP) is 2.63. The summed E-state index contributed by atoms with van der Waals surface area (Å²) >= 11 is 3.23. The molecule has 78 valence electrons. The number of halogens is 1. The van der Waals surface area contributed by atoms with Crippen LogP contribution in [0.5, 0.6) is 0 Å². The van der Waals surface area contributed by atoms with Crippen molar-refractivity contribution in [2.45, 2.75) is 32.2 Å². The standard InChI is InChI=1S/C10H15BrN2O/c1-7(2)13-4-3-8(6-13)9-5-12-10(11)14-9/h5,7-8H,3-4,6H2,1-2H3. The van der Waals surface area contributed by atoms with Crippen LogP contribution in [0, 0.1) is 0 Å². The van der Waals surface area contributed by atoms with Gasteiger partial charge in [0.1, 0.15) is 5.76 Å². The quantitative estimate of drug-likeness (QED) is 0.817. The monoisotopic (exact) mass is 258 g/mol. The Morgan fingerprint density at radius 1 is 1.64 bits per heavy atom. The van der Waals surface area contributed by atoms with Gasteiger partial charge in [-0.2, -0.15) is 0 Å². The number of rotatable bonds is 2. The lowest BCUT2D eigenvalue weighted by atomic mass is 10.1. The summed E-state index contributed by atoms with van der Waals surface area (Å²) in [7, 11) is 0. The van der Waals surface area contributed by atoms with Crippen molar-refractivity contribution < 1.29 is 4.42 Å².